The van der Waals surface area contributed by atoms with Gasteiger partial charge in [0.2, 0.25) is 11.8 Å². The molecule has 2 aromatic carbocycles. The minimum absolute atomic E-state index is 0.0802. The Balaban J connectivity index is 2.07. The molecule has 2 atom stereocenters. The third kappa shape index (κ3) is 8.74. The van der Waals surface area contributed by atoms with E-state index in [-0.39, 0.29) is 19.4 Å². The molecule has 164 valence electrons. The van der Waals surface area contributed by atoms with Gasteiger partial charge in [-0.3, -0.25) is 9.59 Å². The van der Waals surface area contributed by atoms with Crippen molar-refractivity contribution in [3.05, 3.63) is 83.4 Å². The second-order valence-electron chi connectivity index (χ2n) is 7.43. The smallest absolute Gasteiger partial charge is 0.408 e. The van der Waals surface area contributed by atoms with E-state index in [1.54, 1.807) is 0 Å². The van der Waals surface area contributed by atoms with Crippen LogP contribution in [0.15, 0.2) is 72.3 Å². The molecule has 0 unspecified atom stereocenters. The molecule has 7 nitrogen and oxygen atoms in total. The van der Waals surface area contributed by atoms with Gasteiger partial charge >= 0.3 is 6.09 Å². The van der Waals surface area contributed by atoms with Crippen LogP contribution in [-0.2, 0) is 27.4 Å². The number of allylic oxidation sites excluding steroid dienone is 1. The number of hydrogen-bond acceptors (Lipinski definition) is 4. The lowest BCUT2D eigenvalue weighted by molar-refractivity contribution is -0.128. The van der Waals surface area contributed by atoms with Gasteiger partial charge < -0.3 is 21.1 Å². The van der Waals surface area contributed by atoms with E-state index in [0.717, 1.165) is 16.7 Å². The number of benzene rings is 2. The second-order valence-corrected chi connectivity index (χ2v) is 7.43. The van der Waals surface area contributed by atoms with Crippen molar-refractivity contribution in [1.29, 1.82) is 0 Å². The molecule has 0 saturated heterocycles. The number of amides is 3. The summed E-state index contributed by atoms with van der Waals surface area (Å²) in [6.07, 6.45) is 1.62. The third-order valence-corrected chi connectivity index (χ3v) is 4.53. The fraction of sp³-hybridized carbons (Fsp3) is 0.292. The van der Waals surface area contributed by atoms with Crippen molar-refractivity contribution >= 4 is 17.9 Å². The summed E-state index contributed by atoms with van der Waals surface area (Å²) in [6, 6.07) is 16.7. The molecule has 31 heavy (non-hydrogen) atoms. The van der Waals surface area contributed by atoms with E-state index in [1.807, 2.05) is 80.6 Å². The van der Waals surface area contributed by atoms with Crippen LogP contribution in [0.1, 0.15) is 31.4 Å². The van der Waals surface area contributed by atoms with E-state index in [4.69, 9.17) is 10.5 Å². The molecule has 0 saturated carbocycles. The fourth-order valence-corrected chi connectivity index (χ4v) is 2.84. The quantitative estimate of drug-likeness (QED) is 0.510. The van der Waals surface area contributed by atoms with Crippen molar-refractivity contribution in [2.75, 3.05) is 0 Å². The molecule has 0 radical (unpaired) electrons. The maximum absolute atomic E-state index is 12.9. The lowest BCUT2D eigenvalue weighted by Crippen LogP contribution is -2.53. The first-order valence-electron chi connectivity index (χ1n) is 10.1. The van der Waals surface area contributed by atoms with Crippen molar-refractivity contribution in [3.8, 4) is 0 Å². The summed E-state index contributed by atoms with van der Waals surface area (Å²) in [7, 11) is 0. The molecule has 0 heterocycles. The van der Waals surface area contributed by atoms with Gasteiger partial charge in [0.25, 0.3) is 0 Å². The van der Waals surface area contributed by atoms with Crippen molar-refractivity contribution in [2.45, 2.75) is 45.4 Å². The molecular formula is C24H29N3O4. The Kier molecular flexibility index (Phi) is 9.29. The minimum atomic E-state index is -0.931. The summed E-state index contributed by atoms with van der Waals surface area (Å²) in [6.45, 7) is 3.86. The van der Waals surface area contributed by atoms with Gasteiger partial charge in [0.05, 0.1) is 0 Å². The molecule has 4 N–H and O–H groups in total. The molecule has 3 amide bonds. The van der Waals surface area contributed by atoms with Crippen LogP contribution in [0.4, 0.5) is 4.79 Å². The summed E-state index contributed by atoms with van der Waals surface area (Å²) in [5, 5.41) is 5.25. The fourth-order valence-electron chi connectivity index (χ4n) is 2.84. The highest BCUT2D eigenvalue weighted by Gasteiger charge is 2.26. The Hall–Kier alpha value is -3.61. The van der Waals surface area contributed by atoms with Crippen LogP contribution < -0.4 is 16.4 Å². The number of alkyl carbamates (subject to hydrolysis) is 1. The van der Waals surface area contributed by atoms with Gasteiger partial charge in [-0.1, -0.05) is 72.3 Å². The largest absolute Gasteiger partial charge is 0.445 e. The number of ether oxygens (including phenoxy) is 1. The number of carbonyl (C=O) groups excluding carboxylic acids is 3. The van der Waals surface area contributed by atoms with Crippen molar-refractivity contribution in [2.24, 2.45) is 5.73 Å². The van der Waals surface area contributed by atoms with Gasteiger partial charge in [-0.15, -0.1) is 0 Å². The Morgan fingerprint density at radius 3 is 2.03 bits per heavy atom. The van der Waals surface area contributed by atoms with Crippen molar-refractivity contribution in [1.82, 2.24) is 10.6 Å². The standard InChI is InChI=1S/C24H29N3O4/c1-17(2)13-14-20(22(25)28)26-23(29)21(15-18-9-5-3-6-10-18)27-24(30)31-16-19-11-7-4-8-12-19/h3-13,20-21H,14-16H2,1-2H3,(H2,25,28)(H,26,29)(H,27,30)/t20-,21+/m0/s1. The molecule has 0 fully saturated rings. The number of nitrogens with two attached hydrogens (primary N) is 1. The highest BCUT2D eigenvalue weighted by atomic mass is 16.5. The average Bonchev–Trinajstić information content (AvgIpc) is 2.75. The summed E-state index contributed by atoms with van der Waals surface area (Å²) in [5.74, 6) is -1.15. The van der Waals surface area contributed by atoms with E-state index in [0.29, 0.717) is 0 Å². The summed E-state index contributed by atoms with van der Waals surface area (Å²) in [5.41, 5.74) is 8.13. The maximum atomic E-state index is 12.9. The number of primary amides is 1. The first-order chi connectivity index (χ1) is 14.8. The predicted molar refractivity (Wildman–Crippen MR) is 119 cm³/mol. The van der Waals surface area contributed by atoms with E-state index in [2.05, 4.69) is 10.6 Å². The maximum Gasteiger partial charge on any atom is 0.408 e. The van der Waals surface area contributed by atoms with Gasteiger partial charge in [-0.05, 0) is 31.4 Å². The zero-order valence-electron chi connectivity index (χ0n) is 17.8. The lowest BCUT2D eigenvalue weighted by Gasteiger charge is -2.21. The SMILES string of the molecule is CC(C)=CC[C@H](NC(=O)[C@@H](Cc1ccccc1)NC(=O)OCc1ccccc1)C(N)=O. The Morgan fingerprint density at radius 1 is 0.903 bits per heavy atom. The molecule has 0 aliphatic carbocycles. The Bertz CT molecular complexity index is 894. The molecule has 2 aromatic rings. The van der Waals surface area contributed by atoms with Gasteiger partial charge in [-0.2, -0.15) is 0 Å². The van der Waals surface area contributed by atoms with Crippen molar-refractivity contribution < 1.29 is 19.1 Å². The molecular weight excluding hydrogens is 394 g/mol. The van der Waals surface area contributed by atoms with E-state index >= 15 is 0 Å². The molecule has 2 rings (SSSR count). The Labute approximate surface area is 182 Å². The number of carbonyl (C=O) groups is 3. The normalized spacial score (nSPS) is 12.2. The first-order valence-corrected chi connectivity index (χ1v) is 10.1. The minimum Gasteiger partial charge on any atom is -0.445 e. The zero-order valence-corrected chi connectivity index (χ0v) is 17.8. The molecule has 0 aliphatic rings. The lowest BCUT2D eigenvalue weighted by atomic mass is 10.0. The third-order valence-electron chi connectivity index (χ3n) is 4.53. The second kappa shape index (κ2) is 12.2. The van der Waals surface area contributed by atoms with Crippen LogP contribution >= 0.6 is 0 Å². The van der Waals surface area contributed by atoms with Gasteiger partial charge in [0, 0.05) is 6.42 Å². The van der Waals surface area contributed by atoms with Crippen molar-refractivity contribution in [3.63, 3.8) is 0 Å². The highest BCUT2D eigenvalue weighted by Crippen LogP contribution is 2.07. The monoisotopic (exact) mass is 423 g/mol. The van der Waals surface area contributed by atoms with Gasteiger partial charge in [0.1, 0.15) is 18.7 Å². The zero-order chi connectivity index (χ0) is 22.6. The van der Waals surface area contributed by atoms with Crippen LogP contribution in [0, 0.1) is 0 Å². The van der Waals surface area contributed by atoms with E-state index < -0.39 is 30.0 Å². The van der Waals surface area contributed by atoms with Crippen LogP contribution in [0.2, 0.25) is 0 Å². The molecule has 0 spiro atoms. The summed E-state index contributed by atoms with van der Waals surface area (Å²) >= 11 is 0. The molecule has 0 aliphatic heterocycles. The number of hydrogen-bond donors (Lipinski definition) is 3. The van der Waals surface area contributed by atoms with E-state index in [1.165, 1.54) is 0 Å². The number of rotatable bonds is 10. The molecule has 7 heteroatoms. The highest BCUT2D eigenvalue weighted by molar-refractivity contribution is 5.91. The van der Waals surface area contributed by atoms with Gasteiger partial charge in [-0.25, -0.2) is 4.79 Å². The molecule has 0 bridgehead atoms. The topological polar surface area (TPSA) is 111 Å². The van der Waals surface area contributed by atoms with Crippen LogP contribution in [0.25, 0.3) is 0 Å². The summed E-state index contributed by atoms with van der Waals surface area (Å²) < 4.78 is 5.25. The van der Waals surface area contributed by atoms with Crippen LogP contribution in [0.3, 0.4) is 0 Å². The average molecular weight is 424 g/mol. The van der Waals surface area contributed by atoms with Crippen LogP contribution in [-0.4, -0.2) is 30.0 Å². The van der Waals surface area contributed by atoms with Crippen LogP contribution in [0.5, 0.6) is 0 Å². The Morgan fingerprint density at radius 2 is 1.48 bits per heavy atom. The number of nitrogens with one attached hydrogen (secondary N) is 2. The first kappa shape index (κ1) is 23.7. The van der Waals surface area contributed by atoms with E-state index in [9.17, 15) is 14.4 Å². The van der Waals surface area contributed by atoms with Gasteiger partial charge in [0.15, 0.2) is 0 Å². The molecule has 0 aromatic heterocycles. The summed E-state index contributed by atoms with van der Waals surface area (Å²) in [4.78, 5) is 37.0. The predicted octanol–water partition coefficient (Wildman–Crippen LogP) is 2.85.